The van der Waals surface area contributed by atoms with Crippen molar-refractivity contribution in [3.05, 3.63) is 64.1 Å². The number of hydrogen-bond donors (Lipinski definition) is 1. The summed E-state index contributed by atoms with van der Waals surface area (Å²) in [4.78, 5) is 44.7. The first-order valence-corrected chi connectivity index (χ1v) is 11.0. The maximum atomic E-state index is 12.6. The van der Waals surface area contributed by atoms with Gasteiger partial charge in [0.1, 0.15) is 6.61 Å². The van der Waals surface area contributed by atoms with Gasteiger partial charge in [0.25, 0.3) is 0 Å². The summed E-state index contributed by atoms with van der Waals surface area (Å²) in [6.07, 6.45) is 0.0367. The molecule has 2 heterocycles. The van der Waals surface area contributed by atoms with Gasteiger partial charge in [0, 0.05) is 64.5 Å². The largest absolute Gasteiger partial charge is 0.445 e. The second kappa shape index (κ2) is 9.91. The number of nitrogens with one attached hydrogen (secondary N) is 1. The number of ether oxygens (including phenoxy) is 1. The van der Waals surface area contributed by atoms with Crippen molar-refractivity contribution in [3.63, 3.8) is 0 Å². The molecule has 4 rings (SSSR count). The minimum atomic E-state index is -0.534. The van der Waals surface area contributed by atoms with E-state index in [9.17, 15) is 14.4 Å². The monoisotopic (exact) mass is 452 g/mol. The molecule has 0 bridgehead atoms. The van der Waals surface area contributed by atoms with E-state index in [1.807, 2.05) is 43.3 Å². The fourth-order valence-corrected chi connectivity index (χ4v) is 3.84. The Bertz CT molecular complexity index is 1190. The Labute approximate surface area is 191 Å². The number of aromatic amines is 1. The second-order valence-corrected chi connectivity index (χ2v) is 8.35. The van der Waals surface area contributed by atoms with Crippen LogP contribution in [0.5, 0.6) is 0 Å². The summed E-state index contributed by atoms with van der Waals surface area (Å²) < 4.78 is 10.5. The number of piperazine rings is 1. The van der Waals surface area contributed by atoms with Crippen LogP contribution in [0.2, 0.25) is 0 Å². The molecule has 0 saturated carbocycles. The van der Waals surface area contributed by atoms with Crippen LogP contribution < -0.4 is 10.7 Å². The fourth-order valence-electron chi connectivity index (χ4n) is 3.84. The third-order valence-electron chi connectivity index (χ3n) is 5.82. The van der Waals surface area contributed by atoms with Gasteiger partial charge in [0.05, 0.1) is 5.52 Å². The maximum absolute atomic E-state index is 12.6. The van der Waals surface area contributed by atoms with Crippen LogP contribution in [0.3, 0.4) is 0 Å². The number of benzene rings is 2. The van der Waals surface area contributed by atoms with Crippen LogP contribution in [0, 0.1) is 0 Å². The number of anilines is 1. The highest BCUT2D eigenvalue weighted by Crippen LogP contribution is 2.16. The Morgan fingerprint density at radius 3 is 2.64 bits per heavy atom. The highest BCUT2D eigenvalue weighted by Gasteiger charge is 2.22. The molecule has 0 unspecified atom stereocenters. The van der Waals surface area contributed by atoms with E-state index in [1.54, 1.807) is 23.1 Å². The number of rotatable bonds is 7. The van der Waals surface area contributed by atoms with Crippen molar-refractivity contribution in [2.24, 2.45) is 0 Å². The number of fused-ring (bicyclic) bond motifs is 1. The molecule has 1 N–H and O–H groups in total. The lowest BCUT2D eigenvalue weighted by Crippen LogP contribution is -2.49. The molecule has 33 heavy (non-hydrogen) atoms. The zero-order valence-electron chi connectivity index (χ0n) is 18.9. The number of hydrogen-bond acceptors (Lipinski definition) is 7. The van der Waals surface area contributed by atoms with E-state index in [-0.39, 0.29) is 18.5 Å². The van der Waals surface area contributed by atoms with Gasteiger partial charge in [-0.2, -0.15) is 0 Å². The number of H-pyrrole nitrogens is 1. The Morgan fingerprint density at radius 2 is 1.88 bits per heavy atom. The lowest BCUT2D eigenvalue weighted by Gasteiger charge is -2.33. The molecule has 1 aromatic heterocycles. The van der Waals surface area contributed by atoms with Gasteiger partial charge in [-0.15, -0.1) is 0 Å². The predicted molar refractivity (Wildman–Crippen MR) is 125 cm³/mol. The maximum Gasteiger partial charge on any atom is 0.417 e. The fraction of sp³-hybridized carbons (Fsp3) is 0.375. The first kappa shape index (κ1) is 22.6. The Balaban J connectivity index is 1.21. The molecule has 0 radical (unpaired) electrons. The molecule has 9 nitrogen and oxygen atoms in total. The van der Waals surface area contributed by atoms with Crippen molar-refractivity contribution >= 4 is 28.7 Å². The van der Waals surface area contributed by atoms with E-state index in [1.165, 1.54) is 0 Å². The van der Waals surface area contributed by atoms with Crippen molar-refractivity contribution in [1.29, 1.82) is 0 Å². The summed E-state index contributed by atoms with van der Waals surface area (Å²) in [6.45, 7) is 3.33. The third-order valence-corrected chi connectivity index (χ3v) is 5.82. The normalized spacial score (nSPS) is 14.4. The molecule has 1 fully saturated rings. The number of carbonyl (C=O) groups is 2. The van der Waals surface area contributed by atoms with Gasteiger partial charge < -0.3 is 19.0 Å². The Kier molecular flexibility index (Phi) is 6.79. The van der Waals surface area contributed by atoms with Gasteiger partial charge in [-0.05, 0) is 35.9 Å². The van der Waals surface area contributed by atoms with Crippen LogP contribution >= 0.6 is 0 Å². The summed E-state index contributed by atoms with van der Waals surface area (Å²) >= 11 is 0. The molecule has 1 aliphatic rings. The Morgan fingerprint density at radius 1 is 1.09 bits per heavy atom. The molecule has 174 valence electrons. The standard InChI is InChI=1S/C24H28N4O5/c1-26(2)19-5-3-4-17(14-19)16-32-24(31)28-12-10-27(11-13-28)9-8-21(29)18-6-7-20-22(15-18)33-23(30)25-20/h3-7,14-15H,8-13,16H2,1-2H3,(H,25,30). The molecule has 9 heteroatoms. The van der Waals surface area contributed by atoms with Crippen molar-refractivity contribution in [2.75, 3.05) is 51.7 Å². The first-order valence-electron chi connectivity index (χ1n) is 11.0. The summed E-state index contributed by atoms with van der Waals surface area (Å²) in [6, 6.07) is 12.9. The topological polar surface area (TPSA) is 99.1 Å². The van der Waals surface area contributed by atoms with Gasteiger partial charge in [0.2, 0.25) is 0 Å². The Hall–Kier alpha value is -3.59. The average Bonchev–Trinajstić information content (AvgIpc) is 3.20. The van der Waals surface area contributed by atoms with E-state index in [0.717, 1.165) is 11.3 Å². The van der Waals surface area contributed by atoms with Gasteiger partial charge in [-0.25, -0.2) is 9.59 Å². The molecular weight excluding hydrogens is 424 g/mol. The van der Waals surface area contributed by atoms with Crippen LogP contribution in [0.1, 0.15) is 22.3 Å². The summed E-state index contributed by atoms with van der Waals surface area (Å²) in [7, 11) is 3.94. The molecule has 0 atom stereocenters. The van der Waals surface area contributed by atoms with Crippen molar-refractivity contribution < 1.29 is 18.7 Å². The third kappa shape index (κ3) is 5.61. The highest BCUT2D eigenvalue weighted by molar-refractivity contribution is 5.98. The van der Waals surface area contributed by atoms with E-state index < -0.39 is 5.76 Å². The molecular formula is C24H28N4O5. The number of nitrogens with zero attached hydrogens (tertiary/aromatic N) is 3. The molecule has 1 aliphatic heterocycles. The van der Waals surface area contributed by atoms with E-state index in [2.05, 4.69) is 9.88 Å². The molecule has 0 spiro atoms. The van der Waals surface area contributed by atoms with Crippen molar-refractivity contribution in [2.45, 2.75) is 13.0 Å². The summed E-state index contributed by atoms with van der Waals surface area (Å²) in [5, 5.41) is 0. The summed E-state index contributed by atoms with van der Waals surface area (Å²) in [5.74, 6) is -0.546. The zero-order chi connectivity index (χ0) is 23.4. The molecule has 0 aliphatic carbocycles. The molecule has 1 saturated heterocycles. The van der Waals surface area contributed by atoms with Gasteiger partial charge in [0.15, 0.2) is 11.4 Å². The molecule has 1 amide bonds. The lowest BCUT2D eigenvalue weighted by atomic mass is 10.1. The summed E-state index contributed by atoms with van der Waals surface area (Å²) in [5.41, 5.74) is 3.48. The number of aromatic nitrogens is 1. The predicted octanol–water partition coefficient (Wildman–Crippen LogP) is 2.71. The molecule has 2 aromatic carbocycles. The quantitative estimate of drug-likeness (QED) is 0.550. The van der Waals surface area contributed by atoms with Gasteiger partial charge >= 0.3 is 11.8 Å². The minimum Gasteiger partial charge on any atom is -0.445 e. The number of Topliss-reactive ketones (excluding diaryl/α,β-unsaturated/α-hetero) is 1. The number of oxazole rings is 1. The minimum absolute atomic E-state index is 0.0115. The van der Waals surface area contributed by atoms with Crippen LogP contribution in [-0.4, -0.2) is 73.5 Å². The molecule has 3 aromatic rings. The van der Waals surface area contributed by atoms with Gasteiger partial charge in [-0.3, -0.25) is 14.7 Å². The number of amides is 1. The highest BCUT2D eigenvalue weighted by atomic mass is 16.6. The van der Waals surface area contributed by atoms with Crippen LogP contribution in [0.25, 0.3) is 11.1 Å². The van der Waals surface area contributed by atoms with Crippen molar-refractivity contribution in [1.82, 2.24) is 14.8 Å². The second-order valence-electron chi connectivity index (χ2n) is 8.35. The van der Waals surface area contributed by atoms with Crippen LogP contribution in [0.4, 0.5) is 10.5 Å². The van der Waals surface area contributed by atoms with E-state index in [0.29, 0.717) is 55.8 Å². The van der Waals surface area contributed by atoms with Crippen LogP contribution in [0.15, 0.2) is 51.7 Å². The van der Waals surface area contributed by atoms with E-state index >= 15 is 0 Å². The van der Waals surface area contributed by atoms with Crippen LogP contribution in [-0.2, 0) is 11.3 Å². The smallest absolute Gasteiger partial charge is 0.417 e. The zero-order valence-corrected chi connectivity index (χ0v) is 18.9. The van der Waals surface area contributed by atoms with Crippen molar-refractivity contribution in [3.8, 4) is 0 Å². The first-order chi connectivity index (χ1) is 15.9. The average molecular weight is 453 g/mol. The lowest BCUT2D eigenvalue weighted by molar-refractivity contribution is 0.0697. The van der Waals surface area contributed by atoms with Gasteiger partial charge in [-0.1, -0.05) is 12.1 Å². The number of carbonyl (C=O) groups excluding carboxylic acids is 2. The number of ketones is 1. The SMILES string of the molecule is CN(C)c1cccc(COC(=O)N2CCN(CCC(=O)c3ccc4[nH]c(=O)oc4c3)CC2)c1. The van der Waals surface area contributed by atoms with E-state index in [4.69, 9.17) is 9.15 Å².